The fourth-order valence-electron chi connectivity index (χ4n) is 4.73. The number of rotatable bonds is 5. The van der Waals surface area contributed by atoms with Crippen molar-refractivity contribution in [2.45, 2.75) is 38.1 Å². The van der Waals surface area contributed by atoms with Crippen LogP contribution in [0.1, 0.15) is 31.2 Å². The summed E-state index contributed by atoms with van der Waals surface area (Å²) < 4.78 is 12.9. The molecule has 1 aromatic rings. The highest BCUT2D eigenvalue weighted by molar-refractivity contribution is 5.83. The molecule has 0 radical (unpaired) electrons. The molecule has 4 aliphatic heterocycles. The minimum Gasteiger partial charge on any atom is -0.633 e. The molecular weight excluding hydrogens is 333 g/mol. The lowest BCUT2D eigenvalue weighted by Gasteiger charge is -2.56. The zero-order valence-electron chi connectivity index (χ0n) is 15.3. The van der Waals surface area contributed by atoms with Gasteiger partial charge >= 0.3 is 0 Å². The number of nitrogens with zero attached hydrogens (tertiary/aromatic N) is 2. The summed E-state index contributed by atoms with van der Waals surface area (Å²) >= 11 is 0. The average molecular weight is 361 g/mol. The van der Waals surface area contributed by atoms with Crippen LogP contribution in [0.15, 0.2) is 24.3 Å². The molecule has 0 aliphatic carbocycles. The van der Waals surface area contributed by atoms with Gasteiger partial charge in [0.05, 0.1) is 25.0 Å². The minimum atomic E-state index is -0.286. The summed E-state index contributed by atoms with van der Waals surface area (Å²) in [5.41, 5.74) is 0.854. The van der Waals surface area contributed by atoms with Crippen molar-refractivity contribution < 1.29 is 13.8 Å². The van der Waals surface area contributed by atoms with E-state index in [9.17, 15) is 14.4 Å². The Bertz CT molecular complexity index is 639. The van der Waals surface area contributed by atoms with Crippen LogP contribution in [0.2, 0.25) is 0 Å². The molecule has 4 fully saturated rings. The van der Waals surface area contributed by atoms with Crippen molar-refractivity contribution in [3.63, 3.8) is 0 Å². The van der Waals surface area contributed by atoms with Gasteiger partial charge in [-0.05, 0) is 30.5 Å². The van der Waals surface area contributed by atoms with E-state index in [4.69, 9.17) is 0 Å². The summed E-state index contributed by atoms with van der Waals surface area (Å²) in [5.74, 6) is -0.0237. The summed E-state index contributed by atoms with van der Waals surface area (Å²) in [4.78, 5) is 15.2. The van der Waals surface area contributed by atoms with Gasteiger partial charge in [0, 0.05) is 44.9 Å². The summed E-state index contributed by atoms with van der Waals surface area (Å²) in [6.45, 7) is 4.59. The van der Waals surface area contributed by atoms with Gasteiger partial charge in [-0.2, -0.15) is 0 Å². The molecule has 4 aliphatic rings. The number of piperidine rings is 3. The lowest BCUT2D eigenvalue weighted by Crippen LogP contribution is -2.62. The molecule has 0 saturated carbocycles. The number of carbonyl (C=O) groups is 1. The topological polar surface area (TPSA) is 55.4 Å². The Morgan fingerprint density at radius 2 is 1.88 bits per heavy atom. The highest BCUT2D eigenvalue weighted by Crippen LogP contribution is 2.43. The molecule has 4 saturated heterocycles. The Morgan fingerprint density at radius 3 is 2.54 bits per heavy atom. The normalized spacial score (nSPS) is 34.2. The molecule has 26 heavy (non-hydrogen) atoms. The fourth-order valence-corrected chi connectivity index (χ4v) is 4.73. The molecule has 1 amide bonds. The van der Waals surface area contributed by atoms with Gasteiger partial charge in [0.15, 0.2) is 0 Å². The van der Waals surface area contributed by atoms with Gasteiger partial charge in [-0.3, -0.25) is 4.79 Å². The largest absolute Gasteiger partial charge is 0.633 e. The van der Waals surface area contributed by atoms with Crippen LogP contribution in [0.3, 0.4) is 0 Å². The van der Waals surface area contributed by atoms with Crippen molar-refractivity contribution in [1.82, 2.24) is 10.2 Å². The fraction of sp³-hybridized carbons (Fsp3) is 0.650. The molecule has 0 aromatic heterocycles. The molecule has 5 rings (SSSR count). The molecule has 6 heteroatoms. The number of halogens is 1. The predicted molar refractivity (Wildman–Crippen MR) is 97.6 cm³/mol. The molecule has 5 nitrogen and oxygen atoms in total. The van der Waals surface area contributed by atoms with Crippen molar-refractivity contribution in [1.29, 1.82) is 0 Å². The molecule has 1 N–H and O–H groups in total. The molecule has 0 spiro atoms. The van der Waals surface area contributed by atoms with Crippen LogP contribution < -0.4 is 5.32 Å². The Balaban J connectivity index is 1.25. The number of quaternary nitrogens is 1. The smallest absolute Gasteiger partial charge is 0.227 e. The Hall–Kier alpha value is -1.50. The van der Waals surface area contributed by atoms with Crippen molar-refractivity contribution >= 4 is 5.91 Å². The Morgan fingerprint density at radius 1 is 1.23 bits per heavy atom. The number of benzene rings is 1. The number of hydrogen-bond donors (Lipinski definition) is 1. The number of hydroxylamine groups is 3. The van der Waals surface area contributed by atoms with Crippen LogP contribution in [0.4, 0.5) is 4.39 Å². The average Bonchev–Trinajstić information content (AvgIpc) is 3.09. The summed E-state index contributed by atoms with van der Waals surface area (Å²) in [6.07, 6.45) is 4.09. The van der Waals surface area contributed by atoms with Gasteiger partial charge in [-0.15, -0.1) is 0 Å². The Kier molecular flexibility index (Phi) is 4.75. The predicted octanol–water partition coefficient (Wildman–Crippen LogP) is 2.06. The Labute approximate surface area is 154 Å². The quantitative estimate of drug-likeness (QED) is 0.645. The highest BCUT2D eigenvalue weighted by atomic mass is 19.1. The van der Waals surface area contributed by atoms with E-state index in [1.807, 2.05) is 12.1 Å². The van der Waals surface area contributed by atoms with Gasteiger partial charge in [0.25, 0.3) is 0 Å². The second-order valence-corrected chi connectivity index (χ2v) is 8.40. The van der Waals surface area contributed by atoms with Crippen molar-refractivity contribution in [3.05, 3.63) is 40.9 Å². The summed E-state index contributed by atoms with van der Waals surface area (Å²) in [6, 6.07) is 6.89. The van der Waals surface area contributed by atoms with E-state index in [0.717, 1.165) is 57.3 Å². The highest BCUT2D eigenvalue weighted by Gasteiger charge is 2.50. The number of hydrogen-bond acceptors (Lipinski definition) is 3. The standard InChI is InChI=1S/C20H28FN3O2/c21-17-3-1-16(2-4-17)5-10-23-11-6-18(15-23)22-19(25)20-7-12-24(26,13-8-20)14-9-20/h1-4,18H,5-15H2,(H,22,25)/t18-,20?,24?/m0/s1. The molecule has 2 bridgehead atoms. The van der Waals surface area contributed by atoms with Crippen LogP contribution in [0, 0.1) is 16.4 Å². The molecule has 142 valence electrons. The van der Waals surface area contributed by atoms with Crippen molar-refractivity contribution in [2.75, 3.05) is 39.3 Å². The third-order valence-electron chi connectivity index (χ3n) is 6.71. The van der Waals surface area contributed by atoms with Crippen LogP contribution in [0.5, 0.6) is 0 Å². The summed E-state index contributed by atoms with van der Waals surface area (Å²) in [5, 5.41) is 15.5. The maximum absolute atomic E-state index is 13.0. The second kappa shape index (κ2) is 6.91. The number of amides is 1. The van der Waals surface area contributed by atoms with E-state index >= 15 is 0 Å². The number of likely N-dealkylation sites (tertiary alicyclic amines) is 1. The lowest BCUT2D eigenvalue weighted by atomic mass is 9.71. The first kappa shape index (κ1) is 17.9. The molecule has 4 heterocycles. The summed E-state index contributed by atoms with van der Waals surface area (Å²) in [7, 11) is 0. The van der Waals surface area contributed by atoms with E-state index in [1.54, 1.807) is 0 Å². The zero-order chi connectivity index (χ0) is 18.2. The molecular formula is C20H28FN3O2. The van der Waals surface area contributed by atoms with Crippen molar-refractivity contribution in [2.24, 2.45) is 5.41 Å². The third kappa shape index (κ3) is 3.63. The van der Waals surface area contributed by atoms with Crippen LogP contribution in [-0.4, -0.2) is 60.8 Å². The first-order chi connectivity index (χ1) is 12.5. The van der Waals surface area contributed by atoms with E-state index in [0.29, 0.717) is 19.6 Å². The van der Waals surface area contributed by atoms with Crippen LogP contribution in [-0.2, 0) is 11.2 Å². The van der Waals surface area contributed by atoms with Gasteiger partial charge in [0.1, 0.15) is 5.82 Å². The van der Waals surface area contributed by atoms with Gasteiger partial charge in [-0.25, -0.2) is 4.39 Å². The van der Waals surface area contributed by atoms with Crippen molar-refractivity contribution in [3.8, 4) is 0 Å². The molecule has 1 aromatic carbocycles. The molecule has 0 unspecified atom stereocenters. The first-order valence-electron chi connectivity index (χ1n) is 9.81. The van der Waals surface area contributed by atoms with E-state index in [-0.39, 0.29) is 27.8 Å². The number of carbonyl (C=O) groups excluding carboxylic acids is 1. The van der Waals surface area contributed by atoms with E-state index in [1.165, 1.54) is 12.1 Å². The van der Waals surface area contributed by atoms with E-state index < -0.39 is 0 Å². The maximum Gasteiger partial charge on any atom is 0.227 e. The van der Waals surface area contributed by atoms with Crippen LogP contribution in [0.25, 0.3) is 0 Å². The number of fused-ring (bicyclic) bond motifs is 3. The molecule has 1 atom stereocenters. The van der Waals surface area contributed by atoms with Crippen LogP contribution >= 0.6 is 0 Å². The van der Waals surface area contributed by atoms with Gasteiger partial charge in [-0.1, -0.05) is 12.1 Å². The SMILES string of the molecule is O=C(N[C@H]1CCN(CCc2ccc(F)cc2)C1)C12CC[N+]([O-])(CC1)CC2. The van der Waals surface area contributed by atoms with Gasteiger partial charge < -0.3 is 20.1 Å². The second-order valence-electron chi connectivity index (χ2n) is 8.40. The number of nitrogens with one attached hydrogen (secondary N) is 1. The first-order valence-corrected chi connectivity index (χ1v) is 9.81. The van der Waals surface area contributed by atoms with Gasteiger partial charge in [0.2, 0.25) is 5.91 Å². The monoisotopic (exact) mass is 361 g/mol. The third-order valence-corrected chi connectivity index (χ3v) is 6.71. The zero-order valence-corrected chi connectivity index (χ0v) is 15.3. The van der Waals surface area contributed by atoms with E-state index in [2.05, 4.69) is 10.2 Å². The minimum absolute atomic E-state index is 0.0877. The maximum atomic E-state index is 13.0. The lowest BCUT2D eigenvalue weighted by molar-refractivity contribution is -0.898.